The number of ether oxygens (including phenoxy) is 1. The highest BCUT2D eigenvalue weighted by molar-refractivity contribution is 5.73. The summed E-state index contributed by atoms with van der Waals surface area (Å²) in [6.07, 6.45) is 5.68. The molecule has 1 aliphatic heterocycles. The van der Waals surface area contributed by atoms with E-state index in [1.54, 1.807) is 18.6 Å². The number of para-hydroxylation sites is 1. The Hall–Kier alpha value is -2.83. The smallest absolute Gasteiger partial charge is 0.314 e. The molecular formula is C16H19N5O2. The van der Waals surface area contributed by atoms with Crippen LogP contribution in [0.3, 0.4) is 0 Å². The molecule has 0 spiro atoms. The average molecular weight is 313 g/mol. The third kappa shape index (κ3) is 4.32. The van der Waals surface area contributed by atoms with Crippen molar-refractivity contribution in [2.75, 3.05) is 25.0 Å². The van der Waals surface area contributed by atoms with Crippen LogP contribution in [0.15, 0.2) is 42.9 Å². The quantitative estimate of drug-likeness (QED) is 0.697. The first-order chi connectivity index (χ1) is 11.3. The summed E-state index contributed by atoms with van der Waals surface area (Å²) in [4.78, 5) is 19.8. The molecule has 0 saturated heterocycles. The highest BCUT2D eigenvalue weighted by Gasteiger charge is 2.22. The Morgan fingerprint density at radius 2 is 2.13 bits per heavy atom. The molecule has 120 valence electrons. The number of anilines is 1. The molecule has 0 fully saturated rings. The Bertz CT molecular complexity index is 625. The third-order valence-corrected chi connectivity index (χ3v) is 3.48. The van der Waals surface area contributed by atoms with Gasteiger partial charge in [-0.1, -0.05) is 18.2 Å². The molecular weight excluding hydrogens is 294 g/mol. The lowest BCUT2D eigenvalue weighted by Gasteiger charge is -2.13. The van der Waals surface area contributed by atoms with Crippen molar-refractivity contribution in [1.29, 1.82) is 0 Å². The van der Waals surface area contributed by atoms with Gasteiger partial charge < -0.3 is 20.7 Å². The summed E-state index contributed by atoms with van der Waals surface area (Å²) in [5.74, 6) is 1.60. The Balaban J connectivity index is 1.30. The molecule has 2 aromatic rings. The van der Waals surface area contributed by atoms with Crippen LogP contribution in [0, 0.1) is 0 Å². The topological polar surface area (TPSA) is 88.2 Å². The number of aromatic nitrogens is 2. The van der Waals surface area contributed by atoms with Crippen molar-refractivity contribution < 1.29 is 9.53 Å². The molecule has 7 nitrogen and oxygen atoms in total. The second-order valence-electron chi connectivity index (χ2n) is 5.21. The number of nitrogens with one attached hydrogen (secondary N) is 3. The second-order valence-corrected chi connectivity index (χ2v) is 5.21. The van der Waals surface area contributed by atoms with Gasteiger partial charge in [-0.25, -0.2) is 9.78 Å². The van der Waals surface area contributed by atoms with E-state index in [1.807, 2.05) is 24.3 Å². The number of hydrogen-bond donors (Lipinski definition) is 3. The summed E-state index contributed by atoms with van der Waals surface area (Å²) in [5.41, 5.74) is 1.19. The molecule has 0 bridgehead atoms. The van der Waals surface area contributed by atoms with Crippen LogP contribution < -0.4 is 20.7 Å². The van der Waals surface area contributed by atoms with Crippen molar-refractivity contribution in [3.63, 3.8) is 0 Å². The van der Waals surface area contributed by atoms with Gasteiger partial charge >= 0.3 is 6.03 Å². The van der Waals surface area contributed by atoms with Crippen molar-refractivity contribution in [3.8, 4) is 5.75 Å². The normalized spacial score (nSPS) is 15.4. The predicted molar refractivity (Wildman–Crippen MR) is 86.5 cm³/mol. The maximum atomic E-state index is 11.8. The highest BCUT2D eigenvalue weighted by Crippen LogP contribution is 2.27. The van der Waals surface area contributed by atoms with Crippen LogP contribution in [0.1, 0.15) is 5.56 Å². The van der Waals surface area contributed by atoms with Crippen molar-refractivity contribution >= 4 is 11.8 Å². The van der Waals surface area contributed by atoms with Crippen LogP contribution in [-0.4, -0.2) is 41.7 Å². The molecule has 2 heterocycles. The molecule has 3 rings (SSSR count). The van der Waals surface area contributed by atoms with Gasteiger partial charge in [0, 0.05) is 31.9 Å². The van der Waals surface area contributed by atoms with Gasteiger partial charge in [-0.3, -0.25) is 4.98 Å². The Morgan fingerprint density at radius 3 is 2.96 bits per heavy atom. The molecule has 1 aliphatic rings. The van der Waals surface area contributed by atoms with E-state index in [0.29, 0.717) is 25.5 Å². The molecule has 0 saturated carbocycles. The van der Waals surface area contributed by atoms with Crippen molar-refractivity contribution in [3.05, 3.63) is 48.4 Å². The van der Waals surface area contributed by atoms with Gasteiger partial charge in [0.15, 0.2) is 0 Å². The molecule has 7 heteroatoms. The predicted octanol–water partition coefficient (Wildman–Crippen LogP) is 1.19. The molecule has 1 unspecified atom stereocenters. The van der Waals surface area contributed by atoms with Gasteiger partial charge in [0.1, 0.15) is 17.7 Å². The number of fused-ring (bicyclic) bond motifs is 1. The number of nitrogens with zero attached hydrogens (tertiary/aromatic N) is 2. The fourth-order valence-electron chi connectivity index (χ4n) is 2.39. The molecule has 1 aromatic carbocycles. The maximum Gasteiger partial charge on any atom is 0.314 e. The minimum atomic E-state index is -0.203. The average Bonchev–Trinajstić information content (AvgIpc) is 3.01. The lowest BCUT2D eigenvalue weighted by atomic mass is 10.1. The SMILES string of the molecule is O=C(NCCNc1cnccn1)NCC1Cc2ccccc2O1. The summed E-state index contributed by atoms with van der Waals surface area (Å²) in [6, 6.07) is 7.74. The van der Waals surface area contributed by atoms with Gasteiger partial charge in [0.2, 0.25) is 0 Å². The molecule has 2 amide bonds. The molecule has 3 N–H and O–H groups in total. The fraction of sp³-hybridized carbons (Fsp3) is 0.312. The van der Waals surface area contributed by atoms with Crippen LogP contribution in [0.2, 0.25) is 0 Å². The van der Waals surface area contributed by atoms with E-state index in [9.17, 15) is 4.79 Å². The lowest BCUT2D eigenvalue weighted by molar-refractivity contribution is 0.214. The highest BCUT2D eigenvalue weighted by atomic mass is 16.5. The number of carbonyl (C=O) groups excluding carboxylic acids is 1. The van der Waals surface area contributed by atoms with Crippen LogP contribution >= 0.6 is 0 Å². The summed E-state index contributed by atoms with van der Waals surface area (Å²) in [5, 5.41) is 8.68. The van der Waals surface area contributed by atoms with Crippen LogP contribution in [-0.2, 0) is 6.42 Å². The summed E-state index contributed by atoms with van der Waals surface area (Å²) in [7, 11) is 0. The van der Waals surface area contributed by atoms with Crippen LogP contribution in [0.5, 0.6) is 5.75 Å². The monoisotopic (exact) mass is 313 g/mol. The number of benzene rings is 1. The second kappa shape index (κ2) is 7.44. The van der Waals surface area contributed by atoms with E-state index in [2.05, 4.69) is 25.9 Å². The van der Waals surface area contributed by atoms with Gasteiger partial charge in [-0.05, 0) is 11.6 Å². The van der Waals surface area contributed by atoms with Crippen molar-refractivity contribution in [1.82, 2.24) is 20.6 Å². The van der Waals surface area contributed by atoms with E-state index < -0.39 is 0 Å². The molecule has 0 aliphatic carbocycles. The molecule has 1 aromatic heterocycles. The first kappa shape index (κ1) is 15.1. The number of carbonyl (C=O) groups is 1. The van der Waals surface area contributed by atoms with Crippen molar-refractivity contribution in [2.24, 2.45) is 0 Å². The zero-order chi connectivity index (χ0) is 15.9. The first-order valence-electron chi connectivity index (χ1n) is 7.57. The van der Waals surface area contributed by atoms with E-state index in [0.717, 1.165) is 12.2 Å². The molecule has 0 radical (unpaired) electrons. The first-order valence-corrected chi connectivity index (χ1v) is 7.57. The summed E-state index contributed by atoms with van der Waals surface area (Å²) >= 11 is 0. The maximum absolute atomic E-state index is 11.8. The van der Waals surface area contributed by atoms with Gasteiger partial charge in [-0.2, -0.15) is 0 Å². The van der Waals surface area contributed by atoms with E-state index in [4.69, 9.17) is 4.74 Å². The van der Waals surface area contributed by atoms with E-state index >= 15 is 0 Å². The van der Waals surface area contributed by atoms with Crippen molar-refractivity contribution in [2.45, 2.75) is 12.5 Å². The lowest BCUT2D eigenvalue weighted by Crippen LogP contribution is -2.42. The minimum Gasteiger partial charge on any atom is -0.488 e. The number of urea groups is 1. The minimum absolute atomic E-state index is 0.00383. The number of amides is 2. The molecule has 23 heavy (non-hydrogen) atoms. The fourth-order valence-corrected chi connectivity index (χ4v) is 2.39. The number of hydrogen-bond acceptors (Lipinski definition) is 5. The standard InChI is InChI=1S/C16H19N5O2/c22-16(20-8-7-19-15-11-17-5-6-18-15)21-10-13-9-12-3-1-2-4-14(12)23-13/h1-6,11,13H,7-10H2,(H,18,19)(H2,20,21,22). The van der Waals surface area contributed by atoms with Gasteiger partial charge in [0.05, 0.1) is 12.7 Å². The Kier molecular flexibility index (Phi) is 4.88. The largest absolute Gasteiger partial charge is 0.488 e. The summed E-state index contributed by atoms with van der Waals surface area (Å²) in [6.45, 7) is 1.56. The Labute approximate surface area is 134 Å². The molecule has 1 atom stereocenters. The van der Waals surface area contributed by atoms with E-state index in [1.165, 1.54) is 5.56 Å². The number of rotatable bonds is 6. The summed E-state index contributed by atoms with van der Waals surface area (Å²) < 4.78 is 5.77. The third-order valence-electron chi connectivity index (χ3n) is 3.48. The van der Waals surface area contributed by atoms with Gasteiger partial charge in [-0.15, -0.1) is 0 Å². The van der Waals surface area contributed by atoms with Gasteiger partial charge in [0.25, 0.3) is 0 Å². The van der Waals surface area contributed by atoms with E-state index in [-0.39, 0.29) is 12.1 Å². The van der Waals surface area contributed by atoms with Crippen LogP contribution in [0.4, 0.5) is 10.6 Å². The Morgan fingerprint density at radius 1 is 1.22 bits per heavy atom. The van der Waals surface area contributed by atoms with Crippen LogP contribution in [0.25, 0.3) is 0 Å². The zero-order valence-electron chi connectivity index (χ0n) is 12.7. The zero-order valence-corrected chi connectivity index (χ0v) is 12.7.